The molecular weight excluding hydrogens is 258 g/mol. The van der Waals surface area contributed by atoms with Crippen molar-refractivity contribution in [1.82, 2.24) is 9.13 Å². The van der Waals surface area contributed by atoms with E-state index in [2.05, 4.69) is 10.8 Å². The minimum absolute atomic E-state index is 0.290. The largest absolute Gasteiger partial charge is 0.452 e. The van der Waals surface area contributed by atoms with Gasteiger partial charge in [-0.2, -0.15) is 5.26 Å². The maximum Gasteiger partial charge on any atom is 0.417 e. The lowest BCUT2D eigenvalue weighted by molar-refractivity contribution is 0.172. The van der Waals surface area contributed by atoms with E-state index in [-0.39, 0.29) is 5.56 Å². The summed E-state index contributed by atoms with van der Waals surface area (Å²) in [7, 11) is 1.26. The zero-order valence-corrected chi connectivity index (χ0v) is 11.8. The van der Waals surface area contributed by atoms with Crippen LogP contribution in [0.15, 0.2) is 23.3 Å². The fourth-order valence-electron chi connectivity index (χ4n) is 2.18. The highest BCUT2D eigenvalue weighted by Gasteiger charge is 2.28. The predicted molar refractivity (Wildman–Crippen MR) is 72.8 cm³/mol. The van der Waals surface area contributed by atoms with Crippen LogP contribution in [0, 0.1) is 11.3 Å². The molecule has 0 bridgehead atoms. The van der Waals surface area contributed by atoms with Gasteiger partial charge in [-0.1, -0.05) is 0 Å². The molecule has 0 amide bonds. The molecule has 0 spiro atoms. The summed E-state index contributed by atoms with van der Waals surface area (Å²) >= 11 is 0. The lowest BCUT2D eigenvalue weighted by Crippen LogP contribution is -2.32. The third kappa shape index (κ3) is 1.97. The number of hydrogen-bond acceptors (Lipinski definition) is 4. The van der Waals surface area contributed by atoms with Crippen LogP contribution >= 0.6 is 0 Å². The van der Waals surface area contributed by atoms with Gasteiger partial charge >= 0.3 is 6.09 Å². The van der Waals surface area contributed by atoms with Gasteiger partial charge in [-0.05, 0) is 26.8 Å². The highest BCUT2D eigenvalue weighted by molar-refractivity contribution is 5.76. The lowest BCUT2D eigenvalue weighted by atomic mass is 10.1. The van der Waals surface area contributed by atoms with E-state index in [4.69, 9.17) is 0 Å². The van der Waals surface area contributed by atoms with E-state index in [0.717, 1.165) is 0 Å². The van der Waals surface area contributed by atoms with Crippen LogP contribution in [0.1, 0.15) is 26.5 Å². The monoisotopic (exact) mass is 273 g/mol. The minimum atomic E-state index is -0.590. The number of hydrogen-bond donors (Lipinski definition) is 0. The van der Waals surface area contributed by atoms with Crippen molar-refractivity contribution in [2.24, 2.45) is 0 Å². The van der Waals surface area contributed by atoms with Gasteiger partial charge in [0.2, 0.25) is 0 Å². The second-order valence-corrected chi connectivity index (χ2v) is 5.42. The van der Waals surface area contributed by atoms with Crippen LogP contribution in [0.4, 0.5) is 4.79 Å². The quantitative estimate of drug-likeness (QED) is 0.735. The summed E-state index contributed by atoms with van der Waals surface area (Å²) in [5.74, 6) is 0. The summed E-state index contributed by atoms with van der Waals surface area (Å²) in [5, 5.41) is 9.31. The fraction of sp³-hybridized carbons (Fsp3) is 0.357. The number of ether oxygens (including phenoxy) is 1. The van der Waals surface area contributed by atoms with Crippen molar-refractivity contribution < 1.29 is 9.53 Å². The second kappa shape index (κ2) is 4.53. The molecule has 0 radical (unpaired) electrons. The summed E-state index contributed by atoms with van der Waals surface area (Å²) < 4.78 is 7.23. The molecule has 2 rings (SSSR count). The molecule has 0 atom stereocenters. The van der Waals surface area contributed by atoms with Gasteiger partial charge in [0.1, 0.15) is 11.8 Å². The number of fused-ring (bicyclic) bond motifs is 1. The first-order valence-corrected chi connectivity index (χ1v) is 6.07. The van der Waals surface area contributed by atoms with E-state index in [1.165, 1.54) is 28.6 Å². The summed E-state index contributed by atoms with van der Waals surface area (Å²) in [6, 6.07) is 3.64. The molecule has 0 saturated carbocycles. The van der Waals surface area contributed by atoms with E-state index in [0.29, 0.717) is 16.8 Å². The SMILES string of the molecule is COC(=O)n1ccc2c(C#N)n(C(C)(C)C)c(=O)c-2c1. The van der Waals surface area contributed by atoms with Crippen LogP contribution in [0.3, 0.4) is 0 Å². The third-order valence-corrected chi connectivity index (χ3v) is 3.03. The molecule has 0 N–H and O–H groups in total. The van der Waals surface area contributed by atoms with E-state index in [1.807, 2.05) is 20.8 Å². The first-order chi connectivity index (χ1) is 9.31. The Balaban J connectivity index is 2.83. The maximum absolute atomic E-state index is 12.5. The van der Waals surface area contributed by atoms with Crippen molar-refractivity contribution >= 4 is 6.09 Å². The first-order valence-electron chi connectivity index (χ1n) is 6.07. The van der Waals surface area contributed by atoms with Gasteiger partial charge in [0.15, 0.2) is 0 Å². The molecule has 2 aliphatic heterocycles. The van der Waals surface area contributed by atoms with Gasteiger partial charge in [0.25, 0.3) is 5.56 Å². The highest BCUT2D eigenvalue weighted by atomic mass is 16.5. The molecule has 0 saturated heterocycles. The number of carbonyl (C=O) groups is 1. The van der Waals surface area contributed by atoms with Crippen LogP contribution in [-0.4, -0.2) is 22.3 Å². The Labute approximate surface area is 116 Å². The Morgan fingerprint density at radius 3 is 2.50 bits per heavy atom. The van der Waals surface area contributed by atoms with Gasteiger partial charge in [0, 0.05) is 23.5 Å². The van der Waals surface area contributed by atoms with Gasteiger partial charge in [0.05, 0.1) is 12.7 Å². The highest BCUT2D eigenvalue weighted by Crippen LogP contribution is 2.27. The Hall–Kier alpha value is -2.55. The number of nitrogens with zero attached hydrogens (tertiary/aromatic N) is 3. The summed E-state index contributed by atoms with van der Waals surface area (Å²) in [6.45, 7) is 5.55. The van der Waals surface area contributed by atoms with Crippen LogP contribution in [0.2, 0.25) is 0 Å². The first kappa shape index (κ1) is 13.9. The molecule has 0 fully saturated rings. The van der Waals surface area contributed by atoms with Crippen molar-refractivity contribution in [3.63, 3.8) is 0 Å². The van der Waals surface area contributed by atoms with E-state index >= 15 is 0 Å². The van der Waals surface area contributed by atoms with Gasteiger partial charge < -0.3 is 4.74 Å². The van der Waals surface area contributed by atoms with Crippen LogP contribution in [-0.2, 0) is 10.3 Å². The number of methoxy groups -OCH3 is 1. The Bertz CT molecular complexity index is 741. The number of carbonyl (C=O) groups excluding carboxylic acids is 1. The fourth-order valence-corrected chi connectivity index (χ4v) is 2.18. The number of rotatable bonds is 0. The molecule has 2 heterocycles. The summed E-state index contributed by atoms with van der Waals surface area (Å²) in [6.07, 6.45) is 2.28. The van der Waals surface area contributed by atoms with Gasteiger partial charge in [-0.15, -0.1) is 0 Å². The van der Waals surface area contributed by atoms with E-state index < -0.39 is 11.6 Å². The molecule has 6 nitrogen and oxygen atoms in total. The summed E-state index contributed by atoms with van der Waals surface area (Å²) in [5.41, 5.74) is 0.353. The molecule has 0 aliphatic carbocycles. The average Bonchev–Trinajstić information content (AvgIpc) is 2.69. The smallest absolute Gasteiger partial charge is 0.417 e. The Kier molecular flexibility index (Phi) is 3.14. The van der Waals surface area contributed by atoms with E-state index in [1.54, 1.807) is 6.07 Å². The standard InChI is InChI=1S/C14H15N3O3/c1-14(2,3)17-11(7-15)9-5-6-16(13(19)20-4)8-10(9)12(17)18/h5-6,8H,1-4H3. The Morgan fingerprint density at radius 1 is 1.35 bits per heavy atom. The van der Waals surface area contributed by atoms with Crippen LogP contribution < -0.4 is 5.56 Å². The number of aromatic nitrogens is 2. The summed E-state index contributed by atoms with van der Waals surface area (Å²) in [4.78, 5) is 24.0. The third-order valence-electron chi connectivity index (χ3n) is 3.03. The Morgan fingerprint density at radius 2 is 2.00 bits per heavy atom. The molecule has 0 aromatic heterocycles. The molecule has 0 aromatic carbocycles. The topological polar surface area (TPSA) is 77.0 Å². The molecule has 0 unspecified atom stereocenters. The number of pyridine rings is 1. The van der Waals surface area contributed by atoms with Gasteiger partial charge in [-0.25, -0.2) is 4.79 Å². The lowest BCUT2D eigenvalue weighted by Gasteiger charge is -2.20. The zero-order chi connectivity index (χ0) is 15.1. The molecule has 2 aliphatic rings. The maximum atomic E-state index is 12.5. The second-order valence-electron chi connectivity index (χ2n) is 5.42. The minimum Gasteiger partial charge on any atom is -0.452 e. The zero-order valence-electron chi connectivity index (χ0n) is 11.8. The normalized spacial score (nSPS) is 11.3. The van der Waals surface area contributed by atoms with E-state index in [9.17, 15) is 14.9 Å². The molecule has 0 aromatic rings. The van der Waals surface area contributed by atoms with Crippen molar-refractivity contribution in [3.8, 4) is 17.2 Å². The molecular formula is C14H15N3O3. The molecule has 6 heteroatoms. The van der Waals surface area contributed by atoms with Crippen molar-refractivity contribution in [2.75, 3.05) is 7.11 Å². The molecule has 104 valence electrons. The van der Waals surface area contributed by atoms with Crippen LogP contribution in [0.25, 0.3) is 11.1 Å². The average molecular weight is 273 g/mol. The number of nitriles is 1. The molecule has 20 heavy (non-hydrogen) atoms. The van der Waals surface area contributed by atoms with Crippen molar-refractivity contribution in [1.29, 1.82) is 5.26 Å². The van der Waals surface area contributed by atoms with Crippen molar-refractivity contribution in [2.45, 2.75) is 26.3 Å². The predicted octanol–water partition coefficient (Wildman–Crippen LogP) is 2.00. The van der Waals surface area contributed by atoms with Crippen LogP contribution in [0.5, 0.6) is 0 Å². The van der Waals surface area contributed by atoms with Gasteiger partial charge in [-0.3, -0.25) is 13.9 Å². The van der Waals surface area contributed by atoms with Crippen molar-refractivity contribution in [3.05, 3.63) is 34.5 Å².